The molecule has 5 nitrogen and oxygen atoms in total. The van der Waals surface area contributed by atoms with Crippen LogP contribution in [0.1, 0.15) is 24.3 Å². The molecule has 0 aliphatic rings. The van der Waals surface area contributed by atoms with Crippen molar-refractivity contribution in [2.75, 3.05) is 12.9 Å². The first-order valence-corrected chi connectivity index (χ1v) is 8.90. The van der Waals surface area contributed by atoms with Crippen LogP contribution in [0.5, 0.6) is 0 Å². The number of hydrogen-bond acceptors (Lipinski definition) is 6. The Kier molecular flexibility index (Phi) is 5.77. The van der Waals surface area contributed by atoms with Gasteiger partial charge in [0.1, 0.15) is 16.2 Å². The second kappa shape index (κ2) is 7.39. The highest BCUT2D eigenvalue weighted by molar-refractivity contribution is 8.00. The van der Waals surface area contributed by atoms with Crippen molar-refractivity contribution in [3.8, 4) is 0 Å². The molecule has 0 aliphatic carbocycles. The molecule has 0 bridgehead atoms. The summed E-state index contributed by atoms with van der Waals surface area (Å²) >= 11 is 3.11. The molecule has 0 radical (unpaired) electrons. The van der Waals surface area contributed by atoms with Crippen molar-refractivity contribution in [2.45, 2.75) is 44.9 Å². The number of methoxy groups -OCH3 is 1. The number of ether oxygens (including phenoxy) is 1. The Hall–Kier alpha value is -1.18. The molecule has 2 aromatic rings. The number of aromatic nitrogens is 2. The number of nitrogens with one attached hydrogen (secondary N) is 1. The van der Waals surface area contributed by atoms with E-state index in [1.165, 1.54) is 22.2 Å². The van der Waals surface area contributed by atoms with Crippen molar-refractivity contribution < 1.29 is 9.53 Å². The van der Waals surface area contributed by atoms with Gasteiger partial charge in [-0.1, -0.05) is 11.8 Å². The van der Waals surface area contributed by atoms with Gasteiger partial charge in [-0.05, 0) is 33.3 Å². The zero-order chi connectivity index (χ0) is 16.3. The Labute approximate surface area is 138 Å². The van der Waals surface area contributed by atoms with Gasteiger partial charge in [-0.2, -0.15) is 0 Å². The Morgan fingerprint density at radius 3 is 2.82 bits per heavy atom. The molecule has 1 N–H and O–H groups in total. The van der Waals surface area contributed by atoms with Crippen LogP contribution in [0.25, 0.3) is 10.2 Å². The summed E-state index contributed by atoms with van der Waals surface area (Å²) in [7, 11) is 1.64. The third-order valence-electron chi connectivity index (χ3n) is 3.74. The Morgan fingerprint density at radius 2 is 2.14 bits per heavy atom. The van der Waals surface area contributed by atoms with Gasteiger partial charge in [-0.25, -0.2) is 9.97 Å². The summed E-state index contributed by atoms with van der Waals surface area (Å²) in [6.07, 6.45) is 1.55. The van der Waals surface area contributed by atoms with Gasteiger partial charge in [0.05, 0.1) is 17.9 Å². The van der Waals surface area contributed by atoms with Crippen LogP contribution in [0.15, 0.2) is 11.4 Å². The van der Waals surface area contributed by atoms with E-state index in [1.807, 2.05) is 13.8 Å². The van der Waals surface area contributed by atoms with E-state index in [2.05, 4.69) is 29.1 Å². The third-order valence-corrected chi connectivity index (χ3v) is 5.84. The number of thiophene rings is 1. The molecule has 2 aromatic heterocycles. The van der Waals surface area contributed by atoms with Gasteiger partial charge in [0.15, 0.2) is 0 Å². The van der Waals surface area contributed by atoms with E-state index in [0.29, 0.717) is 5.75 Å². The molecule has 0 aliphatic heterocycles. The van der Waals surface area contributed by atoms with Crippen LogP contribution >= 0.6 is 23.1 Å². The van der Waals surface area contributed by atoms with Gasteiger partial charge < -0.3 is 10.1 Å². The minimum atomic E-state index is -0.0198. The largest absolute Gasteiger partial charge is 0.380 e. The number of rotatable bonds is 6. The van der Waals surface area contributed by atoms with E-state index >= 15 is 0 Å². The summed E-state index contributed by atoms with van der Waals surface area (Å²) < 4.78 is 5.21. The molecule has 0 saturated carbocycles. The molecule has 7 heteroatoms. The summed E-state index contributed by atoms with van der Waals surface area (Å²) in [6.45, 7) is 8.02. The number of amides is 1. The Balaban J connectivity index is 2.04. The number of hydrogen-bond donors (Lipinski definition) is 1. The first-order valence-electron chi connectivity index (χ1n) is 7.09. The first-order chi connectivity index (χ1) is 10.4. The van der Waals surface area contributed by atoms with E-state index < -0.39 is 0 Å². The maximum absolute atomic E-state index is 12.0. The van der Waals surface area contributed by atoms with Gasteiger partial charge in [0, 0.05) is 17.4 Å². The molecule has 2 atom stereocenters. The molecule has 0 unspecified atom stereocenters. The number of carbonyl (C=O) groups is 1. The second-order valence-corrected chi connectivity index (χ2v) is 7.40. The number of nitrogens with zero attached hydrogens (tertiary/aromatic N) is 2. The second-order valence-electron chi connectivity index (χ2n) is 5.23. The van der Waals surface area contributed by atoms with Gasteiger partial charge >= 0.3 is 0 Å². The third kappa shape index (κ3) is 3.77. The number of thioether (sulfide) groups is 1. The number of fused-ring (bicyclic) bond motifs is 1. The van der Waals surface area contributed by atoms with Crippen molar-refractivity contribution in [1.29, 1.82) is 0 Å². The minimum absolute atomic E-state index is 0.0125. The van der Waals surface area contributed by atoms with Gasteiger partial charge in [0.2, 0.25) is 5.91 Å². The summed E-state index contributed by atoms with van der Waals surface area (Å²) in [4.78, 5) is 22.9. The monoisotopic (exact) mass is 339 g/mol. The van der Waals surface area contributed by atoms with Crippen LogP contribution in [-0.4, -0.2) is 40.9 Å². The van der Waals surface area contributed by atoms with Crippen LogP contribution in [0.3, 0.4) is 0 Å². The van der Waals surface area contributed by atoms with Crippen LogP contribution in [0, 0.1) is 13.8 Å². The van der Waals surface area contributed by atoms with Gasteiger partial charge in [-0.3, -0.25) is 4.79 Å². The zero-order valence-corrected chi connectivity index (χ0v) is 15.1. The summed E-state index contributed by atoms with van der Waals surface area (Å²) in [5.41, 5.74) is 1.20. The lowest BCUT2D eigenvalue weighted by Gasteiger charge is -2.19. The fourth-order valence-corrected chi connectivity index (χ4v) is 3.94. The predicted molar refractivity (Wildman–Crippen MR) is 91.7 cm³/mol. The summed E-state index contributed by atoms with van der Waals surface area (Å²) in [5.74, 6) is 0.319. The lowest BCUT2D eigenvalue weighted by Crippen LogP contribution is -2.41. The highest BCUT2D eigenvalue weighted by Crippen LogP contribution is 2.34. The number of aryl methyl sites for hydroxylation is 2. The Morgan fingerprint density at radius 1 is 1.41 bits per heavy atom. The normalized spacial score (nSPS) is 14.0. The van der Waals surface area contributed by atoms with Crippen molar-refractivity contribution in [3.63, 3.8) is 0 Å². The quantitative estimate of drug-likeness (QED) is 0.647. The average Bonchev–Trinajstić information content (AvgIpc) is 2.79. The highest BCUT2D eigenvalue weighted by Gasteiger charge is 2.16. The minimum Gasteiger partial charge on any atom is -0.380 e. The molecule has 0 saturated heterocycles. The smallest absolute Gasteiger partial charge is 0.230 e. The molecule has 0 spiro atoms. The molecular formula is C15H21N3O2S2. The molecule has 0 fully saturated rings. The van der Waals surface area contributed by atoms with Crippen molar-refractivity contribution in [1.82, 2.24) is 15.3 Å². The first kappa shape index (κ1) is 17.2. The SMILES string of the molecule is CO[C@@H](C)[C@H](C)NC(=O)CSc1ncnc2sc(C)c(C)c12. The topological polar surface area (TPSA) is 64.1 Å². The predicted octanol–water partition coefficient (Wildman–Crippen LogP) is 2.94. The maximum Gasteiger partial charge on any atom is 0.230 e. The van der Waals surface area contributed by atoms with Gasteiger partial charge in [-0.15, -0.1) is 11.3 Å². The van der Waals surface area contributed by atoms with Crippen LogP contribution in [0.2, 0.25) is 0 Å². The summed E-state index contributed by atoms with van der Waals surface area (Å²) in [6, 6.07) is -0.0198. The molecule has 1 amide bonds. The molecule has 120 valence electrons. The van der Waals surface area contributed by atoms with Crippen LogP contribution < -0.4 is 5.32 Å². The molecule has 0 aromatic carbocycles. The van der Waals surface area contributed by atoms with Crippen molar-refractivity contribution >= 4 is 39.2 Å². The molecular weight excluding hydrogens is 318 g/mol. The van der Waals surface area contributed by atoms with Crippen molar-refractivity contribution in [2.24, 2.45) is 0 Å². The lowest BCUT2D eigenvalue weighted by molar-refractivity contribution is -0.120. The zero-order valence-electron chi connectivity index (χ0n) is 13.5. The molecule has 22 heavy (non-hydrogen) atoms. The highest BCUT2D eigenvalue weighted by atomic mass is 32.2. The van der Waals surface area contributed by atoms with Crippen molar-refractivity contribution in [3.05, 3.63) is 16.8 Å². The molecule has 2 heterocycles. The number of carbonyl (C=O) groups excluding carboxylic acids is 1. The van der Waals surface area contributed by atoms with E-state index in [0.717, 1.165) is 15.2 Å². The van der Waals surface area contributed by atoms with Crippen LogP contribution in [0.4, 0.5) is 0 Å². The fourth-order valence-electron chi connectivity index (χ4n) is 2.01. The van der Waals surface area contributed by atoms with E-state index in [4.69, 9.17) is 4.74 Å². The molecule has 2 rings (SSSR count). The average molecular weight is 339 g/mol. The van der Waals surface area contributed by atoms with E-state index in [-0.39, 0.29) is 18.1 Å². The lowest BCUT2D eigenvalue weighted by atomic mass is 10.2. The standard InChI is InChI=1S/C15H21N3O2S2/c1-8-11(4)22-15-13(8)14(16-7-17-15)21-6-12(19)18-9(2)10(3)20-5/h7,9-10H,6H2,1-5H3,(H,18,19)/t9-,10-/m0/s1. The fraction of sp³-hybridized carbons (Fsp3) is 0.533. The summed E-state index contributed by atoms with van der Waals surface area (Å²) in [5, 5.41) is 4.88. The van der Waals surface area contributed by atoms with E-state index in [9.17, 15) is 4.79 Å². The van der Waals surface area contributed by atoms with E-state index in [1.54, 1.807) is 24.8 Å². The maximum atomic E-state index is 12.0. The Bertz CT molecular complexity index is 672. The van der Waals surface area contributed by atoms with Gasteiger partial charge in [0.25, 0.3) is 0 Å². The van der Waals surface area contributed by atoms with Crippen LogP contribution in [-0.2, 0) is 9.53 Å².